The van der Waals surface area contributed by atoms with Crippen molar-refractivity contribution in [3.8, 4) is 0 Å². The van der Waals surface area contributed by atoms with Crippen molar-refractivity contribution in [1.29, 1.82) is 0 Å². The molecule has 0 atom stereocenters. The zero-order chi connectivity index (χ0) is 74.7. The van der Waals surface area contributed by atoms with Gasteiger partial charge in [-0.25, -0.2) is 92.4 Å². The molecule has 5 aromatic heterocycles. The van der Waals surface area contributed by atoms with Crippen molar-refractivity contribution in [2.75, 3.05) is 17.9 Å². The minimum absolute atomic E-state index is 0. The Labute approximate surface area is 715 Å². The normalized spacial score (nSPS) is 11.5. The molecule has 1 aliphatic rings. The number of sulfone groups is 1. The number of hydrogen-bond donors (Lipinski definition) is 0. The van der Waals surface area contributed by atoms with Gasteiger partial charge in [-0.3, -0.25) is 9.97 Å². The zero-order valence-electron chi connectivity index (χ0n) is 47.3. The summed E-state index contributed by atoms with van der Waals surface area (Å²) in [5.74, 6) is -26.6. The smallest absolute Gasteiger partial charge is 1.00 e. The fourth-order valence-electron chi connectivity index (χ4n) is 6.78. The van der Waals surface area contributed by atoms with Gasteiger partial charge < -0.3 is 4.70 Å². The third kappa shape index (κ3) is 34.2. The first-order valence-corrected chi connectivity index (χ1v) is 44.3. The van der Waals surface area contributed by atoms with Gasteiger partial charge in [-0.1, -0.05) is 141 Å². The Bertz CT molecular complexity index is 3880. The topological polar surface area (TPSA) is 98.6 Å². The van der Waals surface area contributed by atoms with Gasteiger partial charge in [0.15, 0.2) is 58.2 Å². The zero-order valence-corrected chi connectivity index (χ0v) is 71.5. The molecule has 1 saturated heterocycles. The quantitative estimate of drug-likeness (QED) is 0.0284. The van der Waals surface area contributed by atoms with Crippen LogP contribution < -0.4 is 56.1 Å². The predicted octanol–water partition coefficient (Wildman–Crippen LogP) is 23.8. The van der Waals surface area contributed by atoms with Gasteiger partial charge in [-0.05, 0) is 46.5 Å². The van der Waals surface area contributed by atoms with Crippen LogP contribution in [0.2, 0.25) is 40.6 Å². The molecule has 11 rings (SSSR count). The van der Waals surface area contributed by atoms with Crippen LogP contribution in [0.1, 0.15) is 12.8 Å². The Morgan fingerprint density at radius 1 is 0.384 bits per heavy atom. The number of nitrogens with zero attached hydrogens (tertiary/aromatic N) is 5. The first-order chi connectivity index (χ1) is 44.7. The van der Waals surface area contributed by atoms with E-state index < -0.39 is 127 Å². The molecule has 0 radical (unpaired) electrons. The average molecular weight is 1970 g/mol. The Morgan fingerprint density at radius 2 is 0.677 bits per heavy atom. The van der Waals surface area contributed by atoms with Crippen LogP contribution in [0.5, 0.6) is 0 Å². The van der Waals surface area contributed by atoms with Crippen LogP contribution in [-0.2, 0) is 9.84 Å². The Balaban J connectivity index is -0.000000526. The molecule has 6 heterocycles. The number of aromatic nitrogens is 5. The van der Waals surface area contributed by atoms with Crippen LogP contribution in [0.15, 0.2) is 85.5 Å². The first-order valence-electron chi connectivity index (χ1n) is 23.3. The molecule has 0 bridgehead atoms. The third-order valence-electron chi connectivity index (χ3n) is 10.5. The number of fused-ring (bicyclic) bond motifs is 5. The van der Waals surface area contributed by atoms with Crippen LogP contribution in [0.3, 0.4) is 0 Å². The van der Waals surface area contributed by atoms with Gasteiger partial charge in [0.1, 0.15) is 25.3 Å². The van der Waals surface area contributed by atoms with Crippen molar-refractivity contribution in [3.63, 3.8) is 0 Å². The predicted molar refractivity (Wildman–Crippen MR) is 390 cm³/mol. The Hall–Kier alpha value is 1.68. The average Bonchev–Trinajstić information content (AvgIpc) is 0.903. The molecule has 1 fully saturated rings. The van der Waals surface area contributed by atoms with Crippen molar-refractivity contribution < 1.29 is 122 Å². The summed E-state index contributed by atoms with van der Waals surface area (Å²) in [6.45, 7) is 0. The molecule has 0 aliphatic carbocycles. The van der Waals surface area contributed by atoms with Gasteiger partial charge in [0.05, 0.1) is 58.2 Å². The van der Waals surface area contributed by atoms with Crippen molar-refractivity contribution in [1.82, 2.24) is 24.9 Å². The van der Waals surface area contributed by atoms with E-state index in [1.54, 1.807) is 0 Å². The van der Waals surface area contributed by atoms with Crippen molar-refractivity contribution in [2.45, 2.75) is 12.8 Å². The third-order valence-corrected chi connectivity index (χ3v) is 15.4. The second-order valence-corrected chi connectivity index (χ2v) is 44.5. The number of halogens is 38. The van der Waals surface area contributed by atoms with E-state index in [-0.39, 0.29) is 104 Å². The molecule has 544 valence electrons. The van der Waals surface area contributed by atoms with E-state index in [0.717, 1.165) is 12.8 Å². The largest absolute Gasteiger partial charge is 1.00 e. The van der Waals surface area contributed by atoms with Crippen LogP contribution in [0.25, 0.3) is 53.9 Å². The summed E-state index contributed by atoms with van der Waals surface area (Å²) >= 11 is 74.7. The minimum Gasteiger partial charge on any atom is -1.00 e. The van der Waals surface area contributed by atoms with E-state index in [0.29, 0.717) is 22.3 Å². The Kier molecular flexibility index (Phi) is 56.2. The maximum atomic E-state index is 13.2. The number of benzene rings is 5. The number of hydrogen-bond acceptors (Lipinski definition) is 7. The van der Waals surface area contributed by atoms with Gasteiger partial charge in [0.2, 0.25) is 5.95 Å². The first kappa shape index (κ1) is 107. The van der Waals surface area contributed by atoms with Gasteiger partial charge in [0.25, 0.3) is 11.9 Å². The molecule has 49 heteroatoms. The summed E-state index contributed by atoms with van der Waals surface area (Å²) in [6, 6.07) is 20.4. The van der Waals surface area contributed by atoms with Crippen LogP contribution in [-0.4, -0.2) is 62.6 Å². The fourth-order valence-corrected chi connectivity index (χ4v) is 10.4. The molecule has 10 aromatic rings. The Morgan fingerprint density at radius 3 is 1.01 bits per heavy atom. The van der Waals surface area contributed by atoms with Crippen LogP contribution >= 0.6 is 272 Å². The second-order valence-electron chi connectivity index (χ2n) is 16.2. The maximum Gasteiger partial charge on any atom is 1.00 e. The molecule has 0 unspecified atom stereocenters. The molecule has 0 N–H and O–H groups in total. The molecule has 1 aliphatic heterocycles. The molecule has 0 spiro atoms. The summed E-state index contributed by atoms with van der Waals surface area (Å²) in [5, 5.41) is -0.637. The van der Waals surface area contributed by atoms with Crippen molar-refractivity contribution in [3.05, 3.63) is 202 Å². The van der Waals surface area contributed by atoms with E-state index in [1.807, 2.05) is 61.2 Å². The second kappa shape index (κ2) is 52.0. The van der Waals surface area contributed by atoms with Gasteiger partial charge in [-0.2, -0.15) is 18.2 Å². The standard InChI is InChI=1S/C9Cl7N.C9ClF6N.C9F7N.2C9H7N.C4H8O2S.CH3Cl.Al.Cl5P.3Cl2.4ClH.FH.K/c10-3-1-2(4(11)7(14)6(3)13)8(15)17-9(16)5(1)12;10-8-2-1(5(13)9(16)17-8)3(11)6(14)7(15)4(2)12;10-3-1-2(4(11)7(14)6(3)13)8(15)17-9(16)5(1)12;2*1-2-4-9-7-10-6-5-8(9)3-1;5-7(6)3-1-2-4-7;1-2;;1-6(2,3,4)5;3*1-2;;;;;;/h;;;2*1-7H;1-4H2;1H3;;;;;;5*1H;/q;;;;;;;+3;;;;;;;;;;+1/p-4. The SMILES string of the molecule is CCl.Cl.ClCl.ClCl.ClCl.ClP(Cl)(Cl)(Cl)Cl.Clc1nc(Cl)c2c(Cl)c(Cl)c(Cl)c(Cl)c2c1Cl.Fc1nc(Cl)c2c(F)c(F)c(F)c(F)c2c1F.Fc1nc(F)c2c(F)c(F)c(F)c(F)c2c1F.O=S1(=O)CCCC1.[Cl][Al]([Cl])[Cl].[F-].[K+].c1ccc2cnccc2c1.c1ccc2cnccc2c1. The summed E-state index contributed by atoms with van der Waals surface area (Å²) in [7, 11) is 37.0. The van der Waals surface area contributed by atoms with Crippen LogP contribution in [0.4, 0.5) is 57.1 Å². The number of pyridine rings is 5. The monoisotopic (exact) mass is 1960 g/mol. The minimum atomic E-state index is -3.69. The molecule has 5 aromatic carbocycles. The molecule has 0 saturated carbocycles. The van der Waals surface area contributed by atoms with Crippen LogP contribution in [0, 0.1) is 76.0 Å². The molecular weight excluding hydrogens is 1950 g/mol. The van der Waals surface area contributed by atoms with E-state index in [1.165, 1.54) is 27.9 Å². The maximum absolute atomic E-state index is 13.2. The summed E-state index contributed by atoms with van der Waals surface area (Å²) in [6.07, 6.45) is 10.6. The summed E-state index contributed by atoms with van der Waals surface area (Å²) in [5.41, 5.74) is 0. The molecule has 99 heavy (non-hydrogen) atoms. The summed E-state index contributed by atoms with van der Waals surface area (Å²) in [4.78, 5) is 16.8. The molecule has 7 nitrogen and oxygen atoms in total. The van der Waals surface area contributed by atoms with E-state index in [9.17, 15) is 65.5 Å². The fraction of sp³-hybridized carbons (Fsp3) is 0.100. The number of rotatable bonds is 0. The van der Waals surface area contributed by atoms with E-state index in [4.69, 9.17) is 179 Å². The molecule has 0 amide bonds. The van der Waals surface area contributed by atoms with Gasteiger partial charge >= 0.3 is 122 Å². The van der Waals surface area contributed by atoms with Gasteiger partial charge in [-0.15, -0.1) is 24.0 Å². The number of alkyl halides is 1. The van der Waals surface area contributed by atoms with E-state index >= 15 is 0 Å². The van der Waals surface area contributed by atoms with Crippen molar-refractivity contribution in [2.24, 2.45) is 0 Å². The van der Waals surface area contributed by atoms with Crippen molar-refractivity contribution >= 4 is 347 Å². The summed E-state index contributed by atoms with van der Waals surface area (Å²) < 4.78 is 185. The molecular formula is C50H26AlCl24F14KN5O2PS. The van der Waals surface area contributed by atoms with E-state index in [2.05, 4.69) is 126 Å². The van der Waals surface area contributed by atoms with Gasteiger partial charge in [0, 0.05) is 107 Å².